The quantitative estimate of drug-likeness (QED) is 0.819. The van der Waals surface area contributed by atoms with Crippen LogP contribution in [0.2, 0.25) is 0 Å². The maximum atomic E-state index is 12.5. The Balaban J connectivity index is 1.85. The zero-order valence-electron chi connectivity index (χ0n) is 13.8. The Labute approximate surface area is 129 Å². The van der Waals surface area contributed by atoms with Crippen molar-refractivity contribution in [2.75, 3.05) is 6.54 Å². The first-order valence-corrected chi connectivity index (χ1v) is 8.93. The van der Waals surface area contributed by atoms with E-state index in [-0.39, 0.29) is 11.9 Å². The highest BCUT2D eigenvalue weighted by atomic mass is 16.2. The van der Waals surface area contributed by atoms with Gasteiger partial charge in [0.15, 0.2) is 0 Å². The highest BCUT2D eigenvalue weighted by Crippen LogP contribution is 2.24. The fourth-order valence-electron chi connectivity index (χ4n) is 4.00. The predicted molar refractivity (Wildman–Crippen MR) is 87.1 cm³/mol. The molecule has 0 saturated heterocycles. The number of likely N-dealkylation sites (N-methyl/N-ethyl adjacent to an activating group) is 1. The van der Waals surface area contributed by atoms with Crippen molar-refractivity contribution in [1.82, 2.24) is 10.2 Å². The summed E-state index contributed by atoms with van der Waals surface area (Å²) in [6.07, 6.45) is 10.6. The van der Waals surface area contributed by atoms with E-state index in [4.69, 9.17) is 5.73 Å². The molecular formula is C17H33N3O. The maximum Gasteiger partial charge on any atom is 0.237 e. The smallest absolute Gasteiger partial charge is 0.237 e. The molecule has 21 heavy (non-hydrogen) atoms. The van der Waals surface area contributed by atoms with Crippen molar-refractivity contribution in [2.24, 2.45) is 5.73 Å². The molecule has 0 heterocycles. The van der Waals surface area contributed by atoms with E-state index in [1.165, 1.54) is 19.3 Å². The Morgan fingerprint density at radius 2 is 1.76 bits per heavy atom. The van der Waals surface area contributed by atoms with Gasteiger partial charge in [0.05, 0.1) is 6.04 Å². The van der Waals surface area contributed by atoms with Crippen LogP contribution in [0, 0.1) is 0 Å². The summed E-state index contributed by atoms with van der Waals surface area (Å²) in [6.45, 7) is 5.17. The minimum Gasteiger partial charge on any atom is -0.352 e. The molecule has 0 aliphatic heterocycles. The highest BCUT2D eigenvalue weighted by molar-refractivity contribution is 5.81. The molecule has 1 amide bonds. The fourth-order valence-corrected chi connectivity index (χ4v) is 4.00. The van der Waals surface area contributed by atoms with Crippen molar-refractivity contribution >= 4 is 5.91 Å². The summed E-state index contributed by atoms with van der Waals surface area (Å²) in [5, 5.41) is 3.28. The van der Waals surface area contributed by atoms with Crippen molar-refractivity contribution < 1.29 is 4.79 Å². The van der Waals surface area contributed by atoms with Gasteiger partial charge in [0.1, 0.15) is 0 Å². The van der Waals surface area contributed by atoms with Gasteiger partial charge in [-0.2, -0.15) is 0 Å². The van der Waals surface area contributed by atoms with Crippen LogP contribution in [0.3, 0.4) is 0 Å². The first kappa shape index (κ1) is 16.8. The zero-order chi connectivity index (χ0) is 15.2. The van der Waals surface area contributed by atoms with Crippen LogP contribution in [-0.4, -0.2) is 41.5 Å². The third-order valence-corrected chi connectivity index (χ3v) is 5.40. The second-order valence-electron chi connectivity index (χ2n) is 6.92. The third-order valence-electron chi connectivity index (χ3n) is 5.40. The number of rotatable bonds is 5. The van der Waals surface area contributed by atoms with E-state index >= 15 is 0 Å². The molecule has 122 valence electrons. The topological polar surface area (TPSA) is 58.4 Å². The van der Waals surface area contributed by atoms with Crippen LogP contribution < -0.4 is 11.1 Å². The minimum absolute atomic E-state index is 0.0174. The molecule has 1 unspecified atom stereocenters. The molecule has 0 aromatic carbocycles. The summed E-state index contributed by atoms with van der Waals surface area (Å²) < 4.78 is 0. The van der Waals surface area contributed by atoms with Crippen LogP contribution >= 0.6 is 0 Å². The van der Waals surface area contributed by atoms with E-state index < -0.39 is 0 Å². The van der Waals surface area contributed by atoms with Crippen LogP contribution in [0.1, 0.15) is 71.6 Å². The summed E-state index contributed by atoms with van der Waals surface area (Å²) in [4.78, 5) is 14.9. The van der Waals surface area contributed by atoms with Gasteiger partial charge in [-0.25, -0.2) is 0 Å². The summed E-state index contributed by atoms with van der Waals surface area (Å²) in [7, 11) is 0. The van der Waals surface area contributed by atoms with Gasteiger partial charge < -0.3 is 11.1 Å². The van der Waals surface area contributed by atoms with E-state index in [0.29, 0.717) is 18.1 Å². The molecule has 0 spiro atoms. The lowest BCUT2D eigenvalue weighted by Crippen LogP contribution is -2.53. The van der Waals surface area contributed by atoms with E-state index in [2.05, 4.69) is 24.1 Å². The third kappa shape index (κ3) is 4.68. The molecule has 2 saturated carbocycles. The predicted octanol–water partition coefficient (Wildman–Crippen LogP) is 2.42. The molecule has 4 heteroatoms. The highest BCUT2D eigenvalue weighted by Gasteiger charge is 2.30. The van der Waals surface area contributed by atoms with Gasteiger partial charge in [0.2, 0.25) is 5.91 Å². The molecule has 0 bridgehead atoms. The molecule has 2 rings (SSSR count). The Hall–Kier alpha value is -0.610. The summed E-state index contributed by atoms with van der Waals surface area (Å²) in [6, 6.07) is 1.29. The van der Waals surface area contributed by atoms with Crippen LogP contribution in [0.25, 0.3) is 0 Å². The van der Waals surface area contributed by atoms with Gasteiger partial charge in [-0.15, -0.1) is 0 Å². The number of nitrogens with one attached hydrogen (secondary N) is 1. The monoisotopic (exact) mass is 295 g/mol. The fraction of sp³-hybridized carbons (Fsp3) is 0.941. The molecule has 0 aromatic rings. The van der Waals surface area contributed by atoms with Gasteiger partial charge in [-0.3, -0.25) is 9.69 Å². The lowest BCUT2D eigenvalue weighted by atomic mass is 9.90. The second-order valence-corrected chi connectivity index (χ2v) is 6.92. The number of hydrogen-bond donors (Lipinski definition) is 2. The summed E-state index contributed by atoms with van der Waals surface area (Å²) >= 11 is 0. The first-order valence-electron chi connectivity index (χ1n) is 8.93. The molecule has 2 aliphatic rings. The molecule has 3 N–H and O–H groups in total. The van der Waals surface area contributed by atoms with E-state index in [9.17, 15) is 4.79 Å². The lowest BCUT2D eigenvalue weighted by molar-refractivity contribution is -0.128. The molecule has 0 aromatic heterocycles. The molecular weight excluding hydrogens is 262 g/mol. The average Bonchev–Trinajstić information content (AvgIpc) is 2.50. The van der Waals surface area contributed by atoms with E-state index in [0.717, 1.165) is 45.1 Å². The van der Waals surface area contributed by atoms with Crippen molar-refractivity contribution in [3.05, 3.63) is 0 Å². The number of carbonyl (C=O) groups is 1. The van der Waals surface area contributed by atoms with Crippen LogP contribution in [0.15, 0.2) is 0 Å². The number of nitrogens with two attached hydrogens (primary N) is 1. The maximum absolute atomic E-state index is 12.5. The van der Waals surface area contributed by atoms with Crippen LogP contribution in [0.4, 0.5) is 0 Å². The van der Waals surface area contributed by atoms with Gasteiger partial charge in [-0.1, -0.05) is 26.2 Å². The minimum atomic E-state index is -0.0174. The number of carbonyl (C=O) groups excluding carboxylic acids is 1. The van der Waals surface area contributed by atoms with Crippen LogP contribution in [-0.2, 0) is 4.79 Å². The summed E-state index contributed by atoms with van der Waals surface area (Å²) in [5.74, 6) is 0.221. The molecule has 4 nitrogen and oxygen atoms in total. The largest absolute Gasteiger partial charge is 0.352 e. The van der Waals surface area contributed by atoms with Gasteiger partial charge in [0, 0.05) is 18.1 Å². The average molecular weight is 295 g/mol. The van der Waals surface area contributed by atoms with Crippen LogP contribution in [0.5, 0.6) is 0 Å². The van der Waals surface area contributed by atoms with Gasteiger partial charge >= 0.3 is 0 Å². The molecule has 2 aliphatic carbocycles. The van der Waals surface area contributed by atoms with E-state index in [1.54, 1.807) is 0 Å². The van der Waals surface area contributed by atoms with Gasteiger partial charge in [-0.05, 0) is 52.0 Å². The Morgan fingerprint density at radius 3 is 2.33 bits per heavy atom. The number of amides is 1. The van der Waals surface area contributed by atoms with Crippen molar-refractivity contribution in [1.29, 1.82) is 0 Å². The number of nitrogens with zero attached hydrogens (tertiary/aromatic N) is 1. The molecule has 1 atom stereocenters. The first-order chi connectivity index (χ1) is 10.1. The van der Waals surface area contributed by atoms with Crippen molar-refractivity contribution in [2.45, 2.75) is 95.8 Å². The van der Waals surface area contributed by atoms with E-state index in [1.807, 2.05) is 0 Å². The van der Waals surface area contributed by atoms with Crippen molar-refractivity contribution in [3.63, 3.8) is 0 Å². The molecule has 2 fully saturated rings. The van der Waals surface area contributed by atoms with Crippen molar-refractivity contribution in [3.8, 4) is 0 Å². The lowest BCUT2D eigenvalue weighted by Gasteiger charge is -2.39. The SMILES string of the molecule is CCN(C1CCC(N)CC1)C(C)C(=O)NC1CCCCC1. The van der Waals surface area contributed by atoms with Gasteiger partial charge in [0.25, 0.3) is 0 Å². The number of hydrogen-bond acceptors (Lipinski definition) is 3. The second kappa shape index (κ2) is 8.14. The zero-order valence-corrected chi connectivity index (χ0v) is 13.8. The Kier molecular flexibility index (Phi) is 6.49. The normalized spacial score (nSPS) is 29.3. The molecule has 0 radical (unpaired) electrons. The Morgan fingerprint density at radius 1 is 1.14 bits per heavy atom. The Bertz CT molecular complexity index is 320. The standard InChI is InChI=1S/C17H33N3O/c1-3-20(16-11-9-14(18)10-12-16)13(2)17(21)19-15-7-5-4-6-8-15/h13-16H,3-12,18H2,1-2H3,(H,19,21). The summed E-state index contributed by atoms with van der Waals surface area (Å²) in [5.41, 5.74) is 6.00.